The van der Waals surface area contributed by atoms with Gasteiger partial charge in [0.05, 0.1) is 0 Å². The third-order valence-corrected chi connectivity index (χ3v) is 2.53. The van der Waals surface area contributed by atoms with Crippen LogP contribution in [0.1, 0.15) is 36.5 Å². The molecule has 4 heteroatoms. The number of carbonyl (C=O) groups excluding carboxylic acids is 2. The molecule has 0 aliphatic rings. The largest absolute Gasteiger partial charge is 0.368 e. The molecule has 0 spiro atoms. The van der Waals surface area contributed by atoms with Crippen molar-refractivity contribution in [3.8, 4) is 0 Å². The molecule has 3 N–H and O–H groups in total. The highest BCUT2D eigenvalue weighted by molar-refractivity contribution is 5.97. The summed E-state index contributed by atoms with van der Waals surface area (Å²) in [7, 11) is 0. The summed E-state index contributed by atoms with van der Waals surface area (Å²) in [5, 5.41) is 2.65. The van der Waals surface area contributed by atoms with Gasteiger partial charge >= 0.3 is 0 Å². The van der Waals surface area contributed by atoms with E-state index in [2.05, 4.69) is 5.32 Å². The molecule has 0 saturated carbocycles. The second-order valence-corrected chi connectivity index (χ2v) is 3.94. The highest BCUT2D eigenvalue weighted by Gasteiger charge is 2.17. The quantitative estimate of drug-likeness (QED) is 0.782. The van der Waals surface area contributed by atoms with E-state index in [1.807, 2.05) is 13.0 Å². The standard InChI is InChI=1S/C13H18N2O2/c1-2-3-9-11(12(14)16)15-13(17)10-7-5-4-6-8-10/h4-8,11H,2-3,9H2,1H3,(H2,14,16)(H,15,17)/t11-/m1/s1. The summed E-state index contributed by atoms with van der Waals surface area (Å²) in [5.74, 6) is -0.742. The average molecular weight is 234 g/mol. The lowest BCUT2D eigenvalue weighted by atomic mass is 10.1. The molecule has 0 bridgehead atoms. The Morgan fingerprint density at radius 1 is 1.29 bits per heavy atom. The van der Waals surface area contributed by atoms with Gasteiger partial charge in [0, 0.05) is 5.56 Å². The van der Waals surface area contributed by atoms with Gasteiger partial charge < -0.3 is 11.1 Å². The van der Waals surface area contributed by atoms with Gasteiger partial charge in [0.1, 0.15) is 6.04 Å². The molecule has 2 amide bonds. The first kappa shape index (κ1) is 13.2. The van der Waals surface area contributed by atoms with Gasteiger partial charge in [-0.2, -0.15) is 0 Å². The van der Waals surface area contributed by atoms with Crippen LogP contribution >= 0.6 is 0 Å². The molecule has 1 atom stereocenters. The summed E-state index contributed by atoms with van der Waals surface area (Å²) in [5.41, 5.74) is 5.79. The monoisotopic (exact) mass is 234 g/mol. The van der Waals surface area contributed by atoms with Crippen LogP contribution in [-0.2, 0) is 4.79 Å². The van der Waals surface area contributed by atoms with E-state index in [1.54, 1.807) is 24.3 Å². The fraction of sp³-hybridized carbons (Fsp3) is 0.385. The van der Waals surface area contributed by atoms with Crippen LogP contribution in [0, 0.1) is 0 Å². The first-order chi connectivity index (χ1) is 8.15. The predicted molar refractivity (Wildman–Crippen MR) is 66.4 cm³/mol. The maximum Gasteiger partial charge on any atom is 0.251 e. The second kappa shape index (κ2) is 6.68. The fourth-order valence-electron chi connectivity index (χ4n) is 1.52. The summed E-state index contributed by atoms with van der Waals surface area (Å²) < 4.78 is 0. The molecule has 0 unspecified atom stereocenters. The highest BCUT2D eigenvalue weighted by atomic mass is 16.2. The van der Waals surface area contributed by atoms with E-state index in [9.17, 15) is 9.59 Å². The van der Waals surface area contributed by atoms with Gasteiger partial charge in [-0.15, -0.1) is 0 Å². The molecule has 0 aliphatic heterocycles. The molecule has 0 aromatic heterocycles. The molecule has 0 fully saturated rings. The number of carbonyl (C=O) groups is 2. The normalized spacial score (nSPS) is 11.8. The molecule has 0 saturated heterocycles. The summed E-state index contributed by atoms with van der Waals surface area (Å²) in [6.07, 6.45) is 2.41. The van der Waals surface area contributed by atoms with Crippen LogP contribution in [0.15, 0.2) is 30.3 Å². The molecule has 17 heavy (non-hydrogen) atoms. The minimum atomic E-state index is -0.581. The number of nitrogens with one attached hydrogen (secondary N) is 1. The number of hydrogen-bond acceptors (Lipinski definition) is 2. The van der Waals surface area contributed by atoms with Gasteiger partial charge in [0.15, 0.2) is 0 Å². The Kier molecular flexibility index (Phi) is 5.20. The number of rotatable bonds is 6. The van der Waals surface area contributed by atoms with Crippen molar-refractivity contribution in [2.75, 3.05) is 0 Å². The number of primary amides is 1. The number of nitrogens with two attached hydrogens (primary N) is 1. The van der Waals surface area contributed by atoms with Crippen LogP contribution < -0.4 is 11.1 Å². The van der Waals surface area contributed by atoms with E-state index < -0.39 is 11.9 Å². The third-order valence-electron chi connectivity index (χ3n) is 2.53. The van der Waals surface area contributed by atoms with E-state index >= 15 is 0 Å². The van der Waals surface area contributed by atoms with Gasteiger partial charge in [-0.3, -0.25) is 9.59 Å². The van der Waals surface area contributed by atoms with E-state index in [0.717, 1.165) is 12.8 Å². The molecule has 1 rings (SSSR count). The van der Waals surface area contributed by atoms with Gasteiger partial charge in [-0.25, -0.2) is 0 Å². The lowest BCUT2D eigenvalue weighted by Crippen LogP contribution is -2.44. The topological polar surface area (TPSA) is 72.2 Å². The fourth-order valence-corrected chi connectivity index (χ4v) is 1.52. The number of unbranched alkanes of at least 4 members (excludes halogenated alkanes) is 1. The van der Waals surface area contributed by atoms with Gasteiger partial charge in [0.25, 0.3) is 5.91 Å². The Hall–Kier alpha value is -1.84. The Balaban J connectivity index is 2.61. The molecule has 0 radical (unpaired) electrons. The Bertz CT molecular complexity index is 376. The molecule has 0 aliphatic carbocycles. The summed E-state index contributed by atoms with van der Waals surface area (Å²) >= 11 is 0. The van der Waals surface area contributed by atoms with Crippen molar-refractivity contribution in [3.63, 3.8) is 0 Å². The predicted octanol–water partition coefficient (Wildman–Crippen LogP) is 1.46. The molecule has 0 heterocycles. The molecular formula is C13H18N2O2. The first-order valence-electron chi connectivity index (χ1n) is 5.80. The van der Waals surface area contributed by atoms with Crippen molar-refractivity contribution in [1.29, 1.82) is 0 Å². The Morgan fingerprint density at radius 3 is 2.47 bits per heavy atom. The zero-order chi connectivity index (χ0) is 12.7. The summed E-state index contributed by atoms with van der Waals surface area (Å²) in [6.45, 7) is 2.02. The third kappa shape index (κ3) is 4.26. The molecule has 92 valence electrons. The summed E-state index contributed by atoms with van der Waals surface area (Å²) in [4.78, 5) is 23.0. The minimum absolute atomic E-state index is 0.259. The van der Waals surface area contributed by atoms with E-state index in [0.29, 0.717) is 12.0 Å². The molecule has 4 nitrogen and oxygen atoms in total. The maximum atomic E-state index is 11.8. The maximum absolute atomic E-state index is 11.8. The van der Waals surface area contributed by atoms with Crippen molar-refractivity contribution in [1.82, 2.24) is 5.32 Å². The van der Waals surface area contributed by atoms with Crippen molar-refractivity contribution in [2.45, 2.75) is 32.2 Å². The number of hydrogen-bond donors (Lipinski definition) is 2. The molecule has 1 aromatic rings. The first-order valence-corrected chi connectivity index (χ1v) is 5.80. The Morgan fingerprint density at radius 2 is 1.94 bits per heavy atom. The average Bonchev–Trinajstić information content (AvgIpc) is 2.35. The van der Waals surface area contributed by atoms with Gasteiger partial charge in [-0.1, -0.05) is 38.0 Å². The lowest BCUT2D eigenvalue weighted by Gasteiger charge is -2.14. The Labute approximate surface area is 101 Å². The van der Waals surface area contributed by atoms with E-state index in [-0.39, 0.29) is 5.91 Å². The zero-order valence-electron chi connectivity index (χ0n) is 9.98. The molecular weight excluding hydrogens is 216 g/mol. The molecule has 1 aromatic carbocycles. The van der Waals surface area contributed by atoms with Crippen LogP contribution in [0.2, 0.25) is 0 Å². The summed E-state index contributed by atoms with van der Waals surface area (Å²) in [6, 6.07) is 8.21. The van der Waals surface area contributed by atoms with Crippen molar-refractivity contribution >= 4 is 11.8 Å². The van der Waals surface area contributed by atoms with Crippen molar-refractivity contribution < 1.29 is 9.59 Å². The lowest BCUT2D eigenvalue weighted by molar-refractivity contribution is -0.120. The van der Waals surface area contributed by atoms with Crippen molar-refractivity contribution in [3.05, 3.63) is 35.9 Å². The smallest absolute Gasteiger partial charge is 0.251 e. The minimum Gasteiger partial charge on any atom is -0.368 e. The van der Waals surface area contributed by atoms with E-state index in [1.165, 1.54) is 0 Å². The number of amides is 2. The SMILES string of the molecule is CCCC[C@@H](NC(=O)c1ccccc1)C(N)=O. The van der Waals surface area contributed by atoms with Crippen LogP contribution in [0.5, 0.6) is 0 Å². The van der Waals surface area contributed by atoms with Crippen LogP contribution in [0.4, 0.5) is 0 Å². The van der Waals surface area contributed by atoms with Crippen molar-refractivity contribution in [2.24, 2.45) is 5.73 Å². The van der Waals surface area contributed by atoms with Gasteiger partial charge in [-0.05, 0) is 18.6 Å². The second-order valence-electron chi connectivity index (χ2n) is 3.94. The zero-order valence-corrected chi connectivity index (χ0v) is 9.98. The number of benzene rings is 1. The van der Waals surface area contributed by atoms with Gasteiger partial charge in [0.2, 0.25) is 5.91 Å². The van der Waals surface area contributed by atoms with E-state index in [4.69, 9.17) is 5.73 Å². The highest BCUT2D eigenvalue weighted by Crippen LogP contribution is 2.03. The van der Waals surface area contributed by atoms with Crippen LogP contribution in [0.3, 0.4) is 0 Å². The van der Waals surface area contributed by atoms with Crippen LogP contribution in [-0.4, -0.2) is 17.9 Å². The van der Waals surface area contributed by atoms with Crippen LogP contribution in [0.25, 0.3) is 0 Å².